The van der Waals surface area contributed by atoms with E-state index in [4.69, 9.17) is 10.9 Å². The molecule has 5 N–H and O–H groups in total. The number of rotatable bonds is 3. The number of nitrogens with one attached hydrogen (secondary N) is 1. The number of hydrogen-bond acceptors (Lipinski definition) is 7. The van der Waals surface area contributed by atoms with Crippen molar-refractivity contribution in [1.82, 2.24) is 14.9 Å². The normalized spacial score (nSPS) is 10.9. The Kier molecular flexibility index (Phi) is 3.00. The molecule has 0 saturated heterocycles. The number of aryl methyl sites for hydroxylation is 1. The van der Waals surface area contributed by atoms with Crippen LogP contribution in [0, 0.1) is 6.92 Å². The molecule has 1 heterocycles. The molecular weight excluding hydrogens is 236 g/mol. The zero-order valence-corrected chi connectivity index (χ0v) is 9.57. The molecule has 0 atom stereocenters. The van der Waals surface area contributed by atoms with Crippen molar-refractivity contribution in [1.29, 1.82) is 0 Å². The Balaban J connectivity index is 2.07. The van der Waals surface area contributed by atoms with Gasteiger partial charge in [0, 0.05) is 0 Å². The first-order valence-electron chi connectivity index (χ1n) is 5.06. The van der Waals surface area contributed by atoms with Crippen LogP contribution in [-0.2, 0) is 0 Å². The summed E-state index contributed by atoms with van der Waals surface area (Å²) in [5.74, 6) is 6.06. The molecule has 8 heteroatoms. The lowest BCUT2D eigenvalue weighted by Gasteiger charge is -2.00. The lowest BCUT2D eigenvalue weighted by atomic mass is 10.2. The van der Waals surface area contributed by atoms with Gasteiger partial charge in [-0.05, 0) is 30.7 Å². The van der Waals surface area contributed by atoms with Gasteiger partial charge in [-0.2, -0.15) is 5.10 Å². The molecule has 2 rings (SSSR count). The van der Waals surface area contributed by atoms with Crippen molar-refractivity contribution in [2.24, 2.45) is 5.10 Å². The molecule has 1 aromatic heterocycles. The summed E-state index contributed by atoms with van der Waals surface area (Å²) in [5, 5.41) is 29.8. The number of aromatic hydroxyl groups is 2. The molecular formula is C10H12N6O2. The van der Waals surface area contributed by atoms with Gasteiger partial charge in [0.2, 0.25) is 0 Å². The van der Waals surface area contributed by atoms with Gasteiger partial charge >= 0.3 is 0 Å². The van der Waals surface area contributed by atoms with Gasteiger partial charge in [0.25, 0.3) is 5.95 Å². The zero-order chi connectivity index (χ0) is 13.1. The van der Waals surface area contributed by atoms with Crippen LogP contribution >= 0.6 is 0 Å². The molecule has 0 aliphatic carbocycles. The summed E-state index contributed by atoms with van der Waals surface area (Å²) >= 11 is 0. The molecule has 2 aromatic rings. The summed E-state index contributed by atoms with van der Waals surface area (Å²) in [6.45, 7) is 1.71. The highest BCUT2D eigenvalue weighted by atomic mass is 16.3. The van der Waals surface area contributed by atoms with Crippen molar-refractivity contribution in [2.45, 2.75) is 6.92 Å². The average molecular weight is 248 g/mol. The van der Waals surface area contributed by atoms with E-state index in [2.05, 4.69) is 20.7 Å². The molecule has 0 amide bonds. The maximum atomic E-state index is 9.29. The van der Waals surface area contributed by atoms with E-state index < -0.39 is 0 Å². The predicted octanol–water partition coefficient (Wildman–Crippen LogP) is 0.158. The fourth-order valence-corrected chi connectivity index (χ4v) is 1.23. The highest BCUT2D eigenvalue weighted by Gasteiger charge is 2.03. The Morgan fingerprint density at radius 3 is 2.72 bits per heavy atom. The highest BCUT2D eigenvalue weighted by molar-refractivity contribution is 5.81. The van der Waals surface area contributed by atoms with Crippen LogP contribution in [0.15, 0.2) is 23.3 Å². The van der Waals surface area contributed by atoms with Crippen LogP contribution in [-0.4, -0.2) is 31.3 Å². The summed E-state index contributed by atoms with van der Waals surface area (Å²) in [6.07, 6.45) is 1.45. The molecule has 18 heavy (non-hydrogen) atoms. The van der Waals surface area contributed by atoms with E-state index in [-0.39, 0.29) is 11.5 Å². The van der Waals surface area contributed by atoms with Crippen LogP contribution in [0.1, 0.15) is 11.4 Å². The fourth-order valence-electron chi connectivity index (χ4n) is 1.23. The van der Waals surface area contributed by atoms with Gasteiger partial charge in [-0.1, -0.05) is 0 Å². The molecule has 0 aliphatic rings. The summed E-state index contributed by atoms with van der Waals surface area (Å²) in [5.41, 5.74) is 3.21. The second-order valence-corrected chi connectivity index (χ2v) is 3.56. The fraction of sp³-hybridized carbons (Fsp3) is 0.100. The Morgan fingerprint density at radius 2 is 2.11 bits per heavy atom. The van der Waals surface area contributed by atoms with Crippen molar-refractivity contribution in [3.8, 4) is 11.5 Å². The van der Waals surface area contributed by atoms with Crippen molar-refractivity contribution >= 4 is 12.2 Å². The SMILES string of the molecule is Cc1nnc(NN=Cc2ccc(O)c(O)c2)n1N. The molecule has 0 bridgehead atoms. The zero-order valence-electron chi connectivity index (χ0n) is 9.57. The summed E-state index contributed by atoms with van der Waals surface area (Å²) in [7, 11) is 0. The quantitative estimate of drug-likeness (QED) is 0.265. The van der Waals surface area contributed by atoms with E-state index in [1.54, 1.807) is 13.0 Å². The standard InChI is InChI=1S/C10H12N6O2/c1-6-13-15-10(16(6)11)14-12-5-7-2-3-8(17)9(18)4-7/h2-5,17-18H,11H2,1H3,(H,14,15). The minimum Gasteiger partial charge on any atom is -0.504 e. The van der Waals surface area contributed by atoms with Gasteiger partial charge in [-0.3, -0.25) is 0 Å². The first-order chi connectivity index (χ1) is 8.58. The Labute approximate surface area is 102 Å². The second-order valence-electron chi connectivity index (χ2n) is 3.56. The number of aromatic nitrogens is 3. The first kappa shape index (κ1) is 11.7. The lowest BCUT2D eigenvalue weighted by molar-refractivity contribution is 0.403. The molecule has 1 aromatic carbocycles. The molecule has 0 fully saturated rings. The average Bonchev–Trinajstić information content (AvgIpc) is 2.66. The van der Waals surface area contributed by atoms with Gasteiger partial charge < -0.3 is 16.1 Å². The molecule has 0 aliphatic heterocycles. The Hall–Kier alpha value is -2.77. The van der Waals surface area contributed by atoms with Crippen LogP contribution in [0.5, 0.6) is 11.5 Å². The number of nitrogen functional groups attached to an aromatic ring is 1. The summed E-state index contributed by atoms with van der Waals surface area (Å²) < 4.78 is 1.26. The molecule has 94 valence electrons. The third-order valence-corrected chi connectivity index (χ3v) is 2.24. The number of hydrazone groups is 1. The maximum Gasteiger partial charge on any atom is 0.263 e. The topological polar surface area (TPSA) is 122 Å². The predicted molar refractivity (Wildman–Crippen MR) is 65.9 cm³/mol. The van der Waals surface area contributed by atoms with E-state index in [1.807, 2.05) is 0 Å². The summed E-state index contributed by atoms with van der Waals surface area (Å²) in [6, 6.07) is 4.34. The van der Waals surface area contributed by atoms with Crippen molar-refractivity contribution in [3.63, 3.8) is 0 Å². The van der Waals surface area contributed by atoms with Crippen LogP contribution in [0.25, 0.3) is 0 Å². The van der Waals surface area contributed by atoms with Crippen molar-refractivity contribution < 1.29 is 10.2 Å². The second kappa shape index (κ2) is 4.62. The Morgan fingerprint density at radius 1 is 1.33 bits per heavy atom. The molecule has 0 unspecified atom stereocenters. The van der Waals surface area contributed by atoms with Crippen molar-refractivity contribution in [2.75, 3.05) is 11.3 Å². The largest absolute Gasteiger partial charge is 0.504 e. The first-order valence-corrected chi connectivity index (χ1v) is 5.06. The third kappa shape index (κ3) is 2.32. The number of phenolic OH excluding ortho intramolecular Hbond substituents is 2. The third-order valence-electron chi connectivity index (χ3n) is 2.24. The highest BCUT2D eigenvalue weighted by Crippen LogP contribution is 2.23. The number of hydrogen-bond donors (Lipinski definition) is 4. The van der Waals surface area contributed by atoms with Gasteiger partial charge in [-0.25, -0.2) is 10.1 Å². The minimum atomic E-state index is -0.211. The van der Waals surface area contributed by atoms with E-state index in [1.165, 1.54) is 23.0 Å². The number of nitrogens with two attached hydrogens (primary N) is 1. The smallest absolute Gasteiger partial charge is 0.263 e. The van der Waals surface area contributed by atoms with E-state index in [0.29, 0.717) is 17.3 Å². The summed E-state index contributed by atoms with van der Waals surface area (Å²) in [4.78, 5) is 0. The van der Waals surface area contributed by atoms with Crippen molar-refractivity contribution in [3.05, 3.63) is 29.6 Å². The number of phenols is 2. The van der Waals surface area contributed by atoms with E-state index >= 15 is 0 Å². The monoisotopic (exact) mass is 248 g/mol. The van der Waals surface area contributed by atoms with E-state index in [0.717, 1.165) is 0 Å². The maximum absolute atomic E-state index is 9.29. The molecule has 0 radical (unpaired) electrons. The van der Waals surface area contributed by atoms with Crippen LogP contribution < -0.4 is 11.3 Å². The van der Waals surface area contributed by atoms with Gasteiger partial charge in [0.1, 0.15) is 0 Å². The minimum absolute atomic E-state index is 0.183. The van der Waals surface area contributed by atoms with Crippen LogP contribution in [0.2, 0.25) is 0 Å². The number of benzene rings is 1. The van der Waals surface area contributed by atoms with Crippen LogP contribution in [0.3, 0.4) is 0 Å². The molecule has 0 spiro atoms. The van der Waals surface area contributed by atoms with Crippen LogP contribution in [0.4, 0.5) is 5.95 Å². The van der Waals surface area contributed by atoms with E-state index in [9.17, 15) is 5.11 Å². The Bertz CT molecular complexity index is 592. The van der Waals surface area contributed by atoms with Gasteiger partial charge in [0.15, 0.2) is 17.3 Å². The molecule has 8 nitrogen and oxygen atoms in total. The lowest BCUT2D eigenvalue weighted by Crippen LogP contribution is -2.13. The number of nitrogens with zero attached hydrogens (tertiary/aromatic N) is 4. The van der Waals surface area contributed by atoms with Gasteiger partial charge in [0.05, 0.1) is 6.21 Å². The number of anilines is 1. The molecule has 0 saturated carbocycles. The van der Waals surface area contributed by atoms with Gasteiger partial charge in [-0.15, -0.1) is 10.2 Å².